The van der Waals surface area contributed by atoms with E-state index in [0.29, 0.717) is 13.0 Å². The van der Waals surface area contributed by atoms with Crippen LogP contribution in [0.15, 0.2) is 48.5 Å². The highest BCUT2D eigenvalue weighted by molar-refractivity contribution is 5.81. The average molecular weight is 427 g/mol. The van der Waals surface area contributed by atoms with Crippen molar-refractivity contribution in [1.29, 1.82) is 5.41 Å². The summed E-state index contributed by atoms with van der Waals surface area (Å²) in [5.41, 5.74) is 4.45. The number of carbonyl (C=O) groups excluding carboxylic acids is 1. The number of alkyl carbamates (subject to hydrolysis) is 1. The number of carboxylic acids is 1. The molecule has 3 rings (SSSR count). The molecule has 0 bridgehead atoms. The molecule has 0 aliphatic heterocycles. The molecule has 0 saturated heterocycles. The van der Waals surface area contributed by atoms with E-state index in [2.05, 4.69) is 28.1 Å². The molecule has 0 radical (unpaired) electrons. The fraction of sp³-hybridized carbons (Fsp3) is 0.348. The molecule has 2 aromatic rings. The van der Waals surface area contributed by atoms with E-state index in [9.17, 15) is 14.7 Å². The summed E-state index contributed by atoms with van der Waals surface area (Å²) in [6.45, 7) is 0.558. The number of fused-ring (bicyclic) bond motifs is 3. The van der Waals surface area contributed by atoms with Crippen molar-refractivity contribution in [2.75, 3.05) is 20.2 Å². The summed E-state index contributed by atoms with van der Waals surface area (Å²) >= 11 is 0. The summed E-state index contributed by atoms with van der Waals surface area (Å²) in [5.74, 6) is -1.04. The van der Waals surface area contributed by atoms with Crippen molar-refractivity contribution in [2.24, 2.45) is 0 Å². The minimum atomic E-state index is -1.12. The Morgan fingerprint density at radius 1 is 1.10 bits per heavy atom. The van der Waals surface area contributed by atoms with Gasteiger partial charge in [-0.15, -0.1) is 0 Å². The zero-order chi connectivity index (χ0) is 21.5. The van der Waals surface area contributed by atoms with Crippen LogP contribution in [0.25, 0.3) is 11.1 Å². The van der Waals surface area contributed by atoms with E-state index in [1.54, 1.807) is 7.05 Å². The number of hydrogen-bond acceptors (Lipinski definition) is 4. The Morgan fingerprint density at radius 3 is 2.23 bits per heavy atom. The molecular formula is C23H30N4O4. The number of benzene rings is 2. The number of hydrogen-bond donors (Lipinski definition) is 5. The standard InChI is InChI=1S/C22H26N4O4.CH4/c1-24-21(23)25-12-6-11-19(20(27)28)26-22(29)30-13-18-16-9-4-2-7-14(16)15-8-3-5-10-17(15)18;/h2-5,7-10,18-19H,6,11-13H2,1H3,(H,26,29)(H,27,28)(H3,23,24,25);1H4/t19-;/m0./s1. The Morgan fingerprint density at radius 2 is 1.68 bits per heavy atom. The predicted molar refractivity (Wildman–Crippen MR) is 120 cm³/mol. The molecule has 2 aromatic carbocycles. The minimum absolute atomic E-state index is 0. The van der Waals surface area contributed by atoms with Crippen LogP contribution >= 0.6 is 0 Å². The molecule has 0 fully saturated rings. The van der Waals surface area contributed by atoms with E-state index in [4.69, 9.17) is 10.1 Å². The lowest BCUT2D eigenvalue weighted by Crippen LogP contribution is -2.42. The Kier molecular flexibility index (Phi) is 8.43. The first-order chi connectivity index (χ1) is 14.5. The largest absolute Gasteiger partial charge is 0.480 e. The summed E-state index contributed by atoms with van der Waals surface area (Å²) < 4.78 is 5.41. The number of carbonyl (C=O) groups is 2. The molecule has 5 N–H and O–H groups in total. The van der Waals surface area contributed by atoms with E-state index in [-0.39, 0.29) is 32.3 Å². The Labute approximate surface area is 182 Å². The number of nitrogens with one attached hydrogen (secondary N) is 4. The third-order valence-electron chi connectivity index (χ3n) is 5.16. The summed E-state index contributed by atoms with van der Waals surface area (Å²) in [6.07, 6.45) is -0.0472. The van der Waals surface area contributed by atoms with Crippen molar-refractivity contribution in [2.45, 2.75) is 32.2 Å². The highest BCUT2D eigenvalue weighted by Crippen LogP contribution is 2.44. The molecule has 8 nitrogen and oxygen atoms in total. The van der Waals surface area contributed by atoms with Gasteiger partial charge < -0.3 is 25.8 Å². The van der Waals surface area contributed by atoms with Crippen LogP contribution in [0, 0.1) is 5.41 Å². The van der Waals surface area contributed by atoms with Crippen molar-refractivity contribution in [3.05, 3.63) is 59.7 Å². The molecule has 0 saturated carbocycles. The number of aliphatic carboxylic acids is 1. The Balaban J connectivity index is 0.00000341. The van der Waals surface area contributed by atoms with E-state index >= 15 is 0 Å². The summed E-state index contributed by atoms with van der Waals surface area (Å²) in [5, 5.41) is 24.7. The van der Waals surface area contributed by atoms with Gasteiger partial charge in [-0.3, -0.25) is 5.41 Å². The number of rotatable bonds is 8. The summed E-state index contributed by atoms with van der Waals surface area (Å²) in [7, 11) is 1.62. The van der Waals surface area contributed by atoms with Gasteiger partial charge >= 0.3 is 12.1 Å². The highest BCUT2D eigenvalue weighted by atomic mass is 16.5. The molecule has 31 heavy (non-hydrogen) atoms. The third-order valence-corrected chi connectivity index (χ3v) is 5.16. The molecule has 0 heterocycles. The highest BCUT2D eigenvalue weighted by Gasteiger charge is 2.29. The lowest BCUT2D eigenvalue weighted by Gasteiger charge is -2.17. The van der Waals surface area contributed by atoms with Gasteiger partial charge in [-0.25, -0.2) is 9.59 Å². The quantitative estimate of drug-likeness (QED) is 0.251. The van der Waals surface area contributed by atoms with Gasteiger partial charge in [-0.1, -0.05) is 56.0 Å². The van der Waals surface area contributed by atoms with Crippen molar-refractivity contribution in [3.8, 4) is 11.1 Å². The van der Waals surface area contributed by atoms with E-state index in [0.717, 1.165) is 22.3 Å². The minimum Gasteiger partial charge on any atom is -0.480 e. The maximum absolute atomic E-state index is 12.3. The maximum Gasteiger partial charge on any atom is 0.407 e. The van der Waals surface area contributed by atoms with Crippen molar-refractivity contribution < 1.29 is 19.4 Å². The zero-order valence-electron chi connectivity index (χ0n) is 16.8. The molecule has 166 valence electrons. The molecular weight excluding hydrogens is 396 g/mol. The number of carboxylic acid groups (broad SMARTS) is 1. The van der Waals surface area contributed by atoms with Gasteiger partial charge in [0, 0.05) is 19.5 Å². The van der Waals surface area contributed by atoms with Crippen LogP contribution in [0.3, 0.4) is 0 Å². The van der Waals surface area contributed by atoms with Crippen molar-refractivity contribution >= 4 is 18.0 Å². The van der Waals surface area contributed by atoms with Crippen LogP contribution in [-0.4, -0.2) is 49.4 Å². The molecule has 1 amide bonds. The monoisotopic (exact) mass is 426 g/mol. The predicted octanol–water partition coefficient (Wildman–Crippen LogP) is 3.14. The van der Waals surface area contributed by atoms with Crippen LogP contribution in [0.4, 0.5) is 4.79 Å². The van der Waals surface area contributed by atoms with Gasteiger partial charge in [0.1, 0.15) is 12.6 Å². The molecule has 0 spiro atoms. The van der Waals surface area contributed by atoms with Gasteiger partial charge in [0.05, 0.1) is 0 Å². The normalized spacial score (nSPS) is 12.5. The van der Waals surface area contributed by atoms with Gasteiger partial charge in [-0.05, 0) is 35.1 Å². The maximum atomic E-state index is 12.3. The smallest absolute Gasteiger partial charge is 0.407 e. The second kappa shape index (κ2) is 11.0. The SMILES string of the molecule is C.CNC(=N)NCCC[C@H](NC(=O)OCC1c2ccccc2-c2ccccc21)C(=O)O. The lowest BCUT2D eigenvalue weighted by molar-refractivity contribution is -0.139. The van der Waals surface area contributed by atoms with E-state index < -0.39 is 18.1 Å². The van der Waals surface area contributed by atoms with Crippen LogP contribution < -0.4 is 16.0 Å². The first-order valence-electron chi connectivity index (χ1n) is 9.85. The van der Waals surface area contributed by atoms with Crippen LogP contribution in [0.2, 0.25) is 0 Å². The average Bonchev–Trinajstić information content (AvgIpc) is 3.07. The van der Waals surface area contributed by atoms with Crippen LogP contribution in [0.1, 0.15) is 37.3 Å². The van der Waals surface area contributed by atoms with Gasteiger partial charge in [-0.2, -0.15) is 0 Å². The molecule has 1 atom stereocenters. The number of guanidine groups is 1. The van der Waals surface area contributed by atoms with Crippen LogP contribution in [-0.2, 0) is 9.53 Å². The summed E-state index contributed by atoms with van der Waals surface area (Å²) in [4.78, 5) is 23.7. The molecule has 0 unspecified atom stereocenters. The second-order valence-corrected chi connectivity index (χ2v) is 7.05. The molecule has 1 aliphatic rings. The van der Waals surface area contributed by atoms with Crippen molar-refractivity contribution in [3.63, 3.8) is 0 Å². The van der Waals surface area contributed by atoms with E-state index in [1.807, 2.05) is 36.4 Å². The fourth-order valence-electron chi connectivity index (χ4n) is 3.65. The Hall–Kier alpha value is -3.55. The lowest BCUT2D eigenvalue weighted by atomic mass is 9.98. The van der Waals surface area contributed by atoms with Gasteiger partial charge in [0.15, 0.2) is 5.96 Å². The zero-order valence-corrected chi connectivity index (χ0v) is 16.8. The first kappa shape index (κ1) is 23.7. The number of ether oxygens (including phenoxy) is 1. The molecule has 1 aliphatic carbocycles. The summed E-state index contributed by atoms with van der Waals surface area (Å²) in [6, 6.07) is 15.0. The molecule has 0 aromatic heterocycles. The van der Waals surface area contributed by atoms with Gasteiger partial charge in [0.25, 0.3) is 0 Å². The third kappa shape index (κ3) is 5.75. The van der Waals surface area contributed by atoms with E-state index in [1.165, 1.54) is 0 Å². The van der Waals surface area contributed by atoms with Gasteiger partial charge in [0.2, 0.25) is 0 Å². The fourth-order valence-corrected chi connectivity index (χ4v) is 3.65. The molecule has 8 heteroatoms. The van der Waals surface area contributed by atoms with Crippen molar-refractivity contribution in [1.82, 2.24) is 16.0 Å². The Bertz CT molecular complexity index is 886. The topological polar surface area (TPSA) is 124 Å². The second-order valence-electron chi connectivity index (χ2n) is 7.05. The number of amides is 1. The van der Waals surface area contributed by atoms with Crippen LogP contribution in [0.5, 0.6) is 0 Å². The first-order valence-corrected chi connectivity index (χ1v) is 9.85.